The third-order valence-corrected chi connectivity index (χ3v) is 7.46. The number of hydrogen-bond acceptors (Lipinski definition) is 4. The van der Waals surface area contributed by atoms with Crippen molar-refractivity contribution in [2.24, 2.45) is 4.40 Å². The second kappa shape index (κ2) is 7.34. The number of likely N-dealkylation sites (N-methyl/N-ethyl adjacent to an activating group) is 1. The van der Waals surface area contributed by atoms with Crippen LogP contribution in [0.25, 0.3) is 0 Å². The predicted octanol–water partition coefficient (Wildman–Crippen LogP) is 4.11. The highest BCUT2D eigenvalue weighted by atomic mass is 79.9. The van der Waals surface area contributed by atoms with Crippen molar-refractivity contribution in [3.05, 3.63) is 61.1 Å². The van der Waals surface area contributed by atoms with E-state index in [1.165, 1.54) is 36.6 Å². The number of carbonyl (C=O) groups is 1. The van der Waals surface area contributed by atoms with Crippen LogP contribution >= 0.6 is 38.9 Å². The van der Waals surface area contributed by atoms with Crippen molar-refractivity contribution in [1.29, 1.82) is 0 Å². The van der Waals surface area contributed by atoms with Crippen molar-refractivity contribution in [1.82, 2.24) is 4.31 Å². The summed E-state index contributed by atoms with van der Waals surface area (Å²) in [6.07, 6.45) is 1.39. The van der Waals surface area contributed by atoms with Gasteiger partial charge in [0.05, 0.1) is 19.4 Å². The molecule has 1 aromatic carbocycles. The Labute approximate surface area is 172 Å². The summed E-state index contributed by atoms with van der Waals surface area (Å²) in [5.74, 6) is -1.32. The first-order valence-electron chi connectivity index (χ1n) is 7.41. The number of anilines is 1. The van der Waals surface area contributed by atoms with Gasteiger partial charge in [-0.1, -0.05) is 11.6 Å². The molecular formula is C16H12BrClFN3O3S2. The molecule has 0 fully saturated rings. The first-order chi connectivity index (χ1) is 12.6. The first-order valence-corrected chi connectivity index (χ1v) is 10.8. The number of nitrogens with one attached hydrogen (secondary N) is 1. The van der Waals surface area contributed by atoms with E-state index in [0.717, 1.165) is 19.7 Å². The van der Waals surface area contributed by atoms with Gasteiger partial charge in [0, 0.05) is 12.7 Å². The highest BCUT2D eigenvalue weighted by Gasteiger charge is 2.30. The van der Waals surface area contributed by atoms with Crippen LogP contribution in [0.15, 0.2) is 44.2 Å². The van der Waals surface area contributed by atoms with Crippen molar-refractivity contribution in [3.8, 4) is 0 Å². The molecule has 0 saturated heterocycles. The van der Waals surface area contributed by atoms with E-state index in [2.05, 4.69) is 25.6 Å². The van der Waals surface area contributed by atoms with Gasteiger partial charge in [-0.25, -0.2) is 8.70 Å². The fraction of sp³-hybridized carbons (Fsp3) is 0.125. The lowest BCUT2D eigenvalue weighted by Gasteiger charge is -2.23. The largest absolute Gasteiger partial charge is 0.345 e. The van der Waals surface area contributed by atoms with Crippen LogP contribution in [0.2, 0.25) is 5.02 Å². The van der Waals surface area contributed by atoms with E-state index in [-0.39, 0.29) is 22.1 Å². The molecule has 3 rings (SSSR count). The minimum atomic E-state index is -4.07. The number of amides is 1. The third kappa shape index (κ3) is 4.08. The molecule has 0 spiro atoms. The number of allylic oxidation sites excluding steroid dienone is 1. The lowest BCUT2D eigenvalue weighted by molar-refractivity contribution is -0.113. The Hall–Kier alpha value is -1.75. The van der Waals surface area contributed by atoms with Gasteiger partial charge in [-0.2, -0.15) is 8.42 Å². The lowest BCUT2D eigenvalue weighted by Crippen LogP contribution is -2.35. The van der Waals surface area contributed by atoms with Gasteiger partial charge in [0.15, 0.2) is 0 Å². The maximum atomic E-state index is 13.3. The predicted molar refractivity (Wildman–Crippen MR) is 108 cm³/mol. The SMILES string of the molecule is Cc1cc(C2=NS(=O)(=O)N(C)C(C(=O)Nc3ccc(F)c(Cl)c3)=C2)sc1Br. The molecule has 0 radical (unpaired) electrons. The number of carbonyl (C=O) groups excluding carboxylic acids is 1. The second-order valence-corrected chi connectivity index (χ2v) is 10.0. The Morgan fingerprint density at radius 1 is 1.37 bits per heavy atom. The van der Waals surface area contributed by atoms with Crippen molar-refractivity contribution < 1.29 is 17.6 Å². The topological polar surface area (TPSA) is 78.8 Å². The van der Waals surface area contributed by atoms with E-state index in [9.17, 15) is 17.6 Å². The molecular weight excluding hydrogens is 481 g/mol. The van der Waals surface area contributed by atoms with Gasteiger partial charge < -0.3 is 5.32 Å². The van der Waals surface area contributed by atoms with Crippen LogP contribution in [-0.4, -0.2) is 31.4 Å². The quantitative estimate of drug-likeness (QED) is 0.700. The van der Waals surface area contributed by atoms with E-state index in [1.54, 1.807) is 6.07 Å². The Morgan fingerprint density at radius 2 is 2.07 bits per heavy atom. The summed E-state index contributed by atoms with van der Waals surface area (Å²) in [5.41, 5.74) is 1.20. The first kappa shape index (κ1) is 20.0. The fourth-order valence-corrected chi connectivity index (χ4v) is 4.88. The van der Waals surface area contributed by atoms with Crippen molar-refractivity contribution in [3.63, 3.8) is 0 Å². The zero-order valence-electron chi connectivity index (χ0n) is 14.0. The summed E-state index contributed by atoms with van der Waals surface area (Å²) in [4.78, 5) is 13.2. The molecule has 142 valence electrons. The van der Waals surface area contributed by atoms with Gasteiger partial charge in [0.25, 0.3) is 5.91 Å². The van der Waals surface area contributed by atoms with Gasteiger partial charge in [0.1, 0.15) is 11.5 Å². The minimum absolute atomic E-state index is 0.123. The molecule has 2 heterocycles. The van der Waals surface area contributed by atoms with Crippen LogP contribution in [0.4, 0.5) is 10.1 Å². The van der Waals surface area contributed by atoms with Crippen molar-refractivity contribution >= 4 is 66.4 Å². The van der Waals surface area contributed by atoms with Crippen LogP contribution in [0.5, 0.6) is 0 Å². The molecule has 1 aliphatic rings. The molecule has 1 aliphatic heterocycles. The Morgan fingerprint density at radius 3 is 2.67 bits per heavy atom. The van der Waals surface area contributed by atoms with E-state index < -0.39 is 21.9 Å². The zero-order valence-corrected chi connectivity index (χ0v) is 17.9. The molecule has 0 aliphatic carbocycles. The van der Waals surface area contributed by atoms with E-state index >= 15 is 0 Å². The number of nitrogens with zero attached hydrogens (tertiary/aromatic N) is 2. The van der Waals surface area contributed by atoms with Crippen LogP contribution in [0.1, 0.15) is 10.4 Å². The maximum Gasteiger partial charge on any atom is 0.345 e. The molecule has 1 amide bonds. The number of aryl methyl sites for hydroxylation is 1. The fourth-order valence-electron chi connectivity index (χ4n) is 2.24. The van der Waals surface area contributed by atoms with Crippen LogP contribution in [0.3, 0.4) is 0 Å². The average Bonchev–Trinajstić information content (AvgIpc) is 2.92. The van der Waals surface area contributed by atoms with Gasteiger partial charge in [0.2, 0.25) is 0 Å². The number of rotatable bonds is 3. The van der Waals surface area contributed by atoms with Crippen molar-refractivity contribution in [2.75, 3.05) is 12.4 Å². The molecule has 27 heavy (non-hydrogen) atoms. The number of thiophene rings is 1. The Kier molecular flexibility index (Phi) is 5.44. The molecule has 0 unspecified atom stereocenters. The molecule has 6 nitrogen and oxygen atoms in total. The Bertz CT molecular complexity index is 1090. The van der Waals surface area contributed by atoms with Crippen LogP contribution in [0, 0.1) is 12.7 Å². The van der Waals surface area contributed by atoms with Gasteiger partial charge in [-0.05, 0) is 58.8 Å². The maximum absolute atomic E-state index is 13.3. The molecule has 0 bridgehead atoms. The van der Waals surface area contributed by atoms with Crippen LogP contribution in [-0.2, 0) is 15.0 Å². The van der Waals surface area contributed by atoms with Gasteiger partial charge in [-0.15, -0.1) is 15.7 Å². The zero-order chi connectivity index (χ0) is 19.9. The van der Waals surface area contributed by atoms with Gasteiger partial charge in [-0.3, -0.25) is 4.79 Å². The van der Waals surface area contributed by atoms with Gasteiger partial charge >= 0.3 is 10.2 Å². The molecule has 2 aromatic rings. The monoisotopic (exact) mass is 491 g/mol. The number of benzene rings is 1. The summed E-state index contributed by atoms with van der Waals surface area (Å²) < 4.78 is 43.4. The number of hydrogen-bond donors (Lipinski definition) is 1. The molecule has 11 heteroatoms. The van der Waals surface area contributed by atoms with E-state index in [0.29, 0.717) is 4.88 Å². The normalized spacial score (nSPS) is 16.0. The number of halogens is 3. The second-order valence-electron chi connectivity index (χ2n) is 5.60. The van der Waals surface area contributed by atoms with Crippen LogP contribution < -0.4 is 5.32 Å². The summed E-state index contributed by atoms with van der Waals surface area (Å²) >= 11 is 10.4. The van der Waals surface area contributed by atoms with E-state index in [4.69, 9.17) is 11.6 Å². The smallest absolute Gasteiger partial charge is 0.321 e. The minimum Gasteiger partial charge on any atom is -0.321 e. The van der Waals surface area contributed by atoms with Crippen molar-refractivity contribution in [2.45, 2.75) is 6.92 Å². The summed E-state index contributed by atoms with van der Waals surface area (Å²) in [7, 11) is -2.84. The molecule has 1 aromatic heterocycles. The highest BCUT2D eigenvalue weighted by molar-refractivity contribution is 9.11. The highest BCUT2D eigenvalue weighted by Crippen LogP contribution is 2.30. The Balaban J connectivity index is 1.97. The van der Waals surface area contributed by atoms with E-state index in [1.807, 2.05) is 6.92 Å². The standard InChI is InChI=1S/C16H12BrClFN3O3S2/c1-8-5-14(26-15(8)17)12-7-13(22(2)27(24,25)21-12)16(23)20-9-3-4-11(19)10(18)6-9/h3-7H,1-2H3,(H,20,23). The third-order valence-electron chi connectivity index (χ3n) is 3.69. The molecule has 0 saturated carbocycles. The lowest BCUT2D eigenvalue weighted by atomic mass is 10.2. The summed E-state index contributed by atoms with van der Waals surface area (Å²) in [5, 5.41) is 2.35. The molecule has 1 N–H and O–H groups in total. The summed E-state index contributed by atoms with van der Waals surface area (Å²) in [6, 6.07) is 5.44. The molecule has 0 atom stereocenters. The average molecular weight is 493 g/mol. The summed E-state index contributed by atoms with van der Waals surface area (Å²) in [6.45, 7) is 1.86.